The van der Waals surface area contributed by atoms with E-state index in [-0.39, 0.29) is 13.0 Å². The lowest BCUT2D eigenvalue weighted by atomic mass is 10.2. The molecular weight excluding hydrogens is 224 g/mol. The Kier molecular flexibility index (Phi) is 5.00. The quantitative estimate of drug-likeness (QED) is 0.603. The van der Waals surface area contributed by atoms with Crippen LogP contribution in [0.3, 0.4) is 0 Å². The highest BCUT2D eigenvalue weighted by Crippen LogP contribution is 2.13. The van der Waals surface area contributed by atoms with Crippen molar-refractivity contribution in [2.45, 2.75) is 12.8 Å². The molecule has 0 aromatic heterocycles. The third-order valence-electron chi connectivity index (χ3n) is 2.07. The summed E-state index contributed by atoms with van der Waals surface area (Å²) in [4.78, 5) is 21.8. The number of methoxy groups -OCH3 is 1. The summed E-state index contributed by atoms with van der Waals surface area (Å²) in [5.41, 5.74) is 0.389. The van der Waals surface area contributed by atoms with Crippen molar-refractivity contribution in [3.05, 3.63) is 29.8 Å². The van der Waals surface area contributed by atoms with Gasteiger partial charge in [-0.05, 0) is 24.6 Å². The van der Waals surface area contributed by atoms with Crippen molar-refractivity contribution in [3.63, 3.8) is 0 Å². The van der Waals surface area contributed by atoms with E-state index in [0.29, 0.717) is 17.7 Å². The highest BCUT2D eigenvalue weighted by Gasteiger charge is 2.08. The van der Waals surface area contributed by atoms with Gasteiger partial charge < -0.3 is 14.6 Å². The summed E-state index contributed by atoms with van der Waals surface area (Å²) >= 11 is 0. The zero-order valence-corrected chi connectivity index (χ0v) is 9.51. The number of ether oxygens (including phenoxy) is 2. The van der Waals surface area contributed by atoms with Gasteiger partial charge in [-0.2, -0.15) is 0 Å². The first-order valence-electron chi connectivity index (χ1n) is 5.16. The number of aliphatic carboxylic acids is 1. The van der Waals surface area contributed by atoms with Crippen LogP contribution < -0.4 is 4.74 Å². The minimum absolute atomic E-state index is 0.00854. The van der Waals surface area contributed by atoms with Crippen molar-refractivity contribution in [2.24, 2.45) is 0 Å². The van der Waals surface area contributed by atoms with Crippen LogP contribution in [0, 0.1) is 0 Å². The van der Waals surface area contributed by atoms with Crippen LogP contribution >= 0.6 is 0 Å². The Morgan fingerprint density at radius 3 is 2.76 bits per heavy atom. The predicted octanol–water partition coefficient (Wildman–Crippen LogP) is 1.72. The lowest BCUT2D eigenvalue weighted by Crippen LogP contribution is -2.08. The third kappa shape index (κ3) is 4.55. The first kappa shape index (κ1) is 13.0. The molecule has 0 unspecified atom stereocenters. The number of rotatable bonds is 6. The molecule has 0 amide bonds. The number of benzene rings is 1. The second kappa shape index (κ2) is 6.52. The Hall–Kier alpha value is -2.04. The molecule has 0 spiro atoms. The van der Waals surface area contributed by atoms with Crippen molar-refractivity contribution in [1.82, 2.24) is 0 Å². The molecule has 17 heavy (non-hydrogen) atoms. The molecule has 0 saturated carbocycles. The first-order valence-corrected chi connectivity index (χ1v) is 5.16. The van der Waals surface area contributed by atoms with Crippen molar-refractivity contribution in [2.75, 3.05) is 13.7 Å². The minimum Gasteiger partial charge on any atom is -0.497 e. The van der Waals surface area contributed by atoms with Gasteiger partial charge >= 0.3 is 11.9 Å². The van der Waals surface area contributed by atoms with Gasteiger partial charge in [-0.1, -0.05) is 6.07 Å². The predicted molar refractivity (Wildman–Crippen MR) is 60.1 cm³/mol. The Balaban J connectivity index is 2.43. The van der Waals surface area contributed by atoms with Gasteiger partial charge in [0.05, 0.1) is 19.3 Å². The summed E-state index contributed by atoms with van der Waals surface area (Å²) < 4.78 is 9.90. The fourth-order valence-corrected chi connectivity index (χ4v) is 1.22. The third-order valence-corrected chi connectivity index (χ3v) is 2.07. The molecular formula is C12H14O5. The molecule has 5 nitrogen and oxygen atoms in total. The minimum atomic E-state index is -0.901. The van der Waals surface area contributed by atoms with Crippen LogP contribution in [0.25, 0.3) is 0 Å². The molecule has 0 atom stereocenters. The molecule has 0 bridgehead atoms. The lowest BCUT2D eigenvalue weighted by Gasteiger charge is -2.05. The van der Waals surface area contributed by atoms with E-state index in [2.05, 4.69) is 0 Å². The van der Waals surface area contributed by atoms with Gasteiger partial charge in [-0.3, -0.25) is 4.79 Å². The summed E-state index contributed by atoms with van der Waals surface area (Å²) in [6.07, 6.45) is 0.302. The fraction of sp³-hybridized carbons (Fsp3) is 0.333. The zero-order chi connectivity index (χ0) is 12.7. The second-order valence-corrected chi connectivity index (χ2v) is 3.37. The number of esters is 1. The smallest absolute Gasteiger partial charge is 0.338 e. The van der Waals surface area contributed by atoms with Crippen LogP contribution in [0.5, 0.6) is 5.75 Å². The van der Waals surface area contributed by atoms with Gasteiger partial charge in [0.15, 0.2) is 0 Å². The molecule has 5 heteroatoms. The van der Waals surface area contributed by atoms with E-state index in [4.69, 9.17) is 14.6 Å². The van der Waals surface area contributed by atoms with E-state index in [9.17, 15) is 9.59 Å². The molecule has 1 rings (SSSR count). The summed E-state index contributed by atoms with van der Waals surface area (Å²) in [5.74, 6) is -0.804. The average molecular weight is 238 g/mol. The van der Waals surface area contributed by atoms with Gasteiger partial charge in [0.25, 0.3) is 0 Å². The molecule has 0 heterocycles. The maximum absolute atomic E-state index is 11.5. The van der Waals surface area contributed by atoms with E-state index in [0.717, 1.165) is 0 Å². The highest BCUT2D eigenvalue weighted by atomic mass is 16.5. The Morgan fingerprint density at radius 2 is 2.12 bits per heavy atom. The topological polar surface area (TPSA) is 72.8 Å². The Bertz CT molecular complexity index is 400. The van der Waals surface area contributed by atoms with Crippen molar-refractivity contribution in [1.29, 1.82) is 0 Å². The molecule has 1 aromatic carbocycles. The van der Waals surface area contributed by atoms with Crippen molar-refractivity contribution < 1.29 is 24.2 Å². The molecule has 1 N–H and O–H groups in total. The van der Waals surface area contributed by atoms with Gasteiger partial charge in [-0.25, -0.2) is 4.79 Å². The van der Waals surface area contributed by atoms with Crippen LogP contribution in [0.15, 0.2) is 24.3 Å². The molecule has 0 aliphatic carbocycles. The summed E-state index contributed by atoms with van der Waals surface area (Å²) in [6.45, 7) is 0.0995. The van der Waals surface area contributed by atoms with Crippen LogP contribution in [-0.2, 0) is 9.53 Å². The van der Waals surface area contributed by atoms with Gasteiger partial charge in [0.2, 0.25) is 0 Å². The normalized spacial score (nSPS) is 9.71. The van der Waals surface area contributed by atoms with E-state index in [1.54, 1.807) is 24.3 Å². The van der Waals surface area contributed by atoms with Crippen LogP contribution in [0.2, 0.25) is 0 Å². The number of carbonyl (C=O) groups is 2. The maximum Gasteiger partial charge on any atom is 0.338 e. The second-order valence-electron chi connectivity index (χ2n) is 3.37. The monoisotopic (exact) mass is 238 g/mol. The zero-order valence-electron chi connectivity index (χ0n) is 9.51. The SMILES string of the molecule is COc1cccc(C(=O)OCCCC(=O)O)c1. The van der Waals surface area contributed by atoms with Gasteiger partial charge in [-0.15, -0.1) is 0 Å². The largest absolute Gasteiger partial charge is 0.497 e. The van der Waals surface area contributed by atoms with Crippen LogP contribution in [-0.4, -0.2) is 30.8 Å². The summed E-state index contributed by atoms with van der Waals surface area (Å²) in [5, 5.41) is 8.41. The average Bonchev–Trinajstić information content (AvgIpc) is 2.34. The first-order chi connectivity index (χ1) is 8.13. The standard InChI is InChI=1S/C12H14O5/c1-16-10-5-2-4-9(8-10)12(15)17-7-3-6-11(13)14/h2,4-5,8H,3,6-7H2,1H3,(H,13,14). The van der Waals surface area contributed by atoms with Crippen LogP contribution in [0.4, 0.5) is 0 Å². The Labute approximate surface area is 99.0 Å². The summed E-state index contributed by atoms with van der Waals surface area (Å²) in [6, 6.07) is 6.59. The van der Waals surface area contributed by atoms with E-state index in [1.807, 2.05) is 0 Å². The lowest BCUT2D eigenvalue weighted by molar-refractivity contribution is -0.137. The molecule has 0 aliphatic heterocycles. The van der Waals surface area contributed by atoms with Gasteiger partial charge in [0, 0.05) is 6.42 Å². The molecule has 0 saturated heterocycles. The van der Waals surface area contributed by atoms with Crippen molar-refractivity contribution in [3.8, 4) is 5.75 Å². The van der Waals surface area contributed by atoms with E-state index < -0.39 is 11.9 Å². The number of carboxylic acid groups (broad SMARTS) is 1. The number of carboxylic acids is 1. The number of hydrogen-bond acceptors (Lipinski definition) is 4. The van der Waals surface area contributed by atoms with Crippen LogP contribution in [0.1, 0.15) is 23.2 Å². The summed E-state index contributed by atoms with van der Waals surface area (Å²) in [7, 11) is 1.51. The van der Waals surface area contributed by atoms with Crippen molar-refractivity contribution >= 4 is 11.9 Å². The molecule has 92 valence electrons. The highest BCUT2D eigenvalue weighted by molar-refractivity contribution is 5.89. The number of carbonyl (C=O) groups excluding carboxylic acids is 1. The van der Waals surface area contributed by atoms with E-state index in [1.165, 1.54) is 7.11 Å². The van der Waals surface area contributed by atoms with E-state index >= 15 is 0 Å². The molecule has 0 aliphatic rings. The Morgan fingerprint density at radius 1 is 1.35 bits per heavy atom. The number of hydrogen-bond donors (Lipinski definition) is 1. The molecule has 1 aromatic rings. The van der Waals surface area contributed by atoms with Gasteiger partial charge in [0.1, 0.15) is 5.75 Å². The maximum atomic E-state index is 11.5. The fourth-order valence-electron chi connectivity index (χ4n) is 1.22. The molecule has 0 radical (unpaired) electrons. The molecule has 0 fully saturated rings.